The van der Waals surface area contributed by atoms with Gasteiger partial charge in [0, 0.05) is 5.56 Å². The number of benzene rings is 2. The molecular formula is C27H28N2O5S. The van der Waals surface area contributed by atoms with E-state index in [-0.39, 0.29) is 11.7 Å². The number of allylic oxidation sites excluding steroid dienone is 1. The molecule has 0 bridgehead atoms. The van der Waals surface area contributed by atoms with Gasteiger partial charge in [0.05, 0.1) is 41.7 Å². The molecule has 1 atom stereocenters. The van der Waals surface area contributed by atoms with Crippen LogP contribution in [-0.2, 0) is 9.53 Å². The monoisotopic (exact) mass is 492 g/mol. The summed E-state index contributed by atoms with van der Waals surface area (Å²) in [5.74, 6) is 0.892. The maximum Gasteiger partial charge on any atom is 0.338 e. The van der Waals surface area contributed by atoms with Crippen LogP contribution in [0.3, 0.4) is 0 Å². The molecule has 4 rings (SSSR count). The predicted octanol–water partition coefficient (Wildman–Crippen LogP) is 3.59. The molecule has 182 valence electrons. The SMILES string of the molecule is CCOc1ccccc1/C=c1\sc2n(c1=O)[C@@H](c1ccc(OC)cc1)C(C(=O)OC(C)C)=C(C)N=2. The molecule has 1 aliphatic heterocycles. The predicted molar refractivity (Wildman–Crippen MR) is 136 cm³/mol. The Kier molecular flexibility index (Phi) is 7.21. The third-order valence-corrected chi connectivity index (χ3v) is 6.50. The summed E-state index contributed by atoms with van der Waals surface area (Å²) in [6.45, 7) is 7.79. The average Bonchev–Trinajstić information content (AvgIpc) is 3.13. The summed E-state index contributed by atoms with van der Waals surface area (Å²) >= 11 is 1.28. The van der Waals surface area contributed by atoms with Crippen molar-refractivity contribution in [1.29, 1.82) is 0 Å². The van der Waals surface area contributed by atoms with Crippen molar-refractivity contribution in [1.82, 2.24) is 4.57 Å². The van der Waals surface area contributed by atoms with E-state index in [4.69, 9.17) is 14.2 Å². The highest BCUT2D eigenvalue weighted by Gasteiger charge is 2.33. The second kappa shape index (κ2) is 10.3. The number of ether oxygens (including phenoxy) is 3. The Morgan fingerprint density at radius 2 is 1.89 bits per heavy atom. The third-order valence-electron chi connectivity index (χ3n) is 5.52. The molecule has 0 radical (unpaired) electrons. The molecule has 0 saturated carbocycles. The highest BCUT2D eigenvalue weighted by Crippen LogP contribution is 2.32. The summed E-state index contributed by atoms with van der Waals surface area (Å²) in [6, 6.07) is 14.2. The Labute approximate surface area is 207 Å². The molecular weight excluding hydrogens is 464 g/mol. The van der Waals surface area contributed by atoms with Gasteiger partial charge < -0.3 is 14.2 Å². The molecule has 0 unspecified atom stereocenters. The first kappa shape index (κ1) is 24.5. The molecule has 1 aliphatic rings. The van der Waals surface area contributed by atoms with Crippen LogP contribution < -0.4 is 24.4 Å². The molecule has 0 saturated heterocycles. The second-order valence-corrected chi connectivity index (χ2v) is 9.29. The van der Waals surface area contributed by atoms with Crippen molar-refractivity contribution < 1.29 is 19.0 Å². The zero-order valence-electron chi connectivity index (χ0n) is 20.4. The van der Waals surface area contributed by atoms with Gasteiger partial charge in [-0.25, -0.2) is 9.79 Å². The number of methoxy groups -OCH3 is 1. The lowest BCUT2D eigenvalue weighted by Crippen LogP contribution is -2.40. The first-order valence-electron chi connectivity index (χ1n) is 11.4. The van der Waals surface area contributed by atoms with Crippen LogP contribution >= 0.6 is 11.3 Å². The van der Waals surface area contributed by atoms with Crippen molar-refractivity contribution in [2.24, 2.45) is 4.99 Å². The smallest absolute Gasteiger partial charge is 0.338 e. The van der Waals surface area contributed by atoms with Crippen LogP contribution in [0, 0.1) is 0 Å². The fourth-order valence-electron chi connectivity index (χ4n) is 3.99. The molecule has 0 spiro atoms. The van der Waals surface area contributed by atoms with Crippen LogP contribution in [0.4, 0.5) is 0 Å². The quantitative estimate of drug-likeness (QED) is 0.471. The van der Waals surface area contributed by atoms with Crippen LogP contribution in [0.1, 0.15) is 44.9 Å². The summed E-state index contributed by atoms with van der Waals surface area (Å²) in [7, 11) is 1.59. The van der Waals surface area contributed by atoms with E-state index in [9.17, 15) is 9.59 Å². The fourth-order valence-corrected chi connectivity index (χ4v) is 5.03. The standard InChI is InChI=1S/C27H28N2O5S/c1-6-33-21-10-8-7-9-19(21)15-22-25(30)29-24(18-11-13-20(32-5)14-12-18)23(26(31)34-16(2)3)17(4)28-27(29)35-22/h7-16,24H,6H2,1-5H3/b22-15-/t24-/m0/s1. The number of thiazole rings is 1. The number of fused-ring (bicyclic) bond motifs is 1. The van der Waals surface area contributed by atoms with Crippen LogP contribution in [0.25, 0.3) is 6.08 Å². The van der Waals surface area contributed by atoms with Gasteiger partial charge in [-0.15, -0.1) is 0 Å². The van der Waals surface area contributed by atoms with Gasteiger partial charge in [-0.3, -0.25) is 9.36 Å². The highest BCUT2D eigenvalue weighted by molar-refractivity contribution is 7.07. The van der Waals surface area contributed by atoms with Gasteiger partial charge in [0.2, 0.25) is 0 Å². The van der Waals surface area contributed by atoms with E-state index < -0.39 is 12.0 Å². The zero-order chi connectivity index (χ0) is 25.1. The molecule has 0 N–H and O–H groups in total. The van der Waals surface area contributed by atoms with E-state index in [1.807, 2.05) is 61.5 Å². The summed E-state index contributed by atoms with van der Waals surface area (Å²) in [5.41, 5.74) is 2.20. The number of hydrogen-bond donors (Lipinski definition) is 0. The molecule has 1 aromatic heterocycles. The lowest BCUT2D eigenvalue weighted by atomic mass is 9.96. The van der Waals surface area contributed by atoms with Crippen molar-refractivity contribution >= 4 is 23.4 Å². The lowest BCUT2D eigenvalue weighted by Gasteiger charge is -2.25. The molecule has 7 nitrogen and oxygen atoms in total. The molecule has 2 aromatic carbocycles. The largest absolute Gasteiger partial charge is 0.497 e. The Morgan fingerprint density at radius 1 is 1.17 bits per heavy atom. The normalized spacial score (nSPS) is 15.6. The summed E-state index contributed by atoms with van der Waals surface area (Å²) in [5, 5.41) is 0. The topological polar surface area (TPSA) is 79.1 Å². The van der Waals surface area contributed by atoms with E-state index in [2.05, 4.69) is 4.99 Å². The van der Waals surface area contributed by atoms with Crippen molar-refractivity contribution in [3.8, 4) is 11.5 Å². The van der Waals surface area contributed by atoms with Crippen molar-refractivity contribution in [2.45, 2.75) is 39.8 Å². The average molecular weight is 493 g/mol. The van der Waals surface area contributed by atoms with Crippen LogP contribution in [0.2, 0.25) is 0 Å². The van der Waals surface area contributed by atoms with Gasteiger partial charge in [0.1, 0.15) is 11.5 Å². The highest BCUT2D eigenvalue weighted by atomic mass is 32.1. The van der Waals surface area contributed by atoms with Crippen molar-refractivity contribution in [3.05, 3.63) is 90.6 Å². The Morgan fingerprint density at radius 3 is 2.54 bits per heavy atom. The zero-order valence-corrected chi connectivity index (χ0v) is 21.2. The molecule has 0 amide bonds. The van der Waals surface area contributed by atoms with Crippen LogP contribution in [0.15, 0.2) is 69.6 Å². The van der Waals surface area contributed by atoms with Crippen LogP contribution in [0.5, 0.6) is 11.5 Å². The number of carbonyl (C=O) groups excluding carboxylic acids is 1. The summed E-state index contributed by atoms with van der Waals surface area (Å²) < 4.78 is 18.6. The lowest BCUT2D eigenvalue weighted by molar-refractivity contribution is -0.143. The first-order valence-corrected chi connectivity index (χ1v) is 12.2. The minimum Gasteiger partial charge on any atom is -0.497 e. The molecule has 2 heterocycles. The van der Waals surface area contributed by atoms with E-state index in [1.165, 1.54) is 11.3 Å². The maximum atomic E-state index is 13.7. The van der Waals surface area contributed by atoms with Gasteiger partial charge in [-0.05, 0) is 57.5 Å². The maximum absolute atomic E-state index is 13.7. The number of hydrogen-bond acceptors (Lipinski definition) is 7. The third kappa shape index (κ3) is 4.93. The van der Waals surface area contributed by atoms with Gasteiger partial charge in [-0.1, -0.05) is 41.7 Å². The number of aromatic nitrogens is 1. The number of carbonyl (C=O) groups is 1. The molecule has 35 heavy (non-hydrogen) atoms. The van der Waals surface area contributed by atoms with E-state index >= 15 is 0 Å². The Balaban J connectivity index is 1.93. The van der Waals surface area contributed by atoms with Gasteiger partial charge in [0.25, 0.3) is 5.56 Å². The van der Waals surface area contributed by atoms with E-state index in [0.29, 0.717) is 38.7 Å². The van der Waals surface area contributed by atoms with Crippen molar-refractivity contribution in [3.63, 3.8) is 0 Å². The summed E-state index contributed by atoms with van der Waals surface area (Å²) in [4.78, 5) is 32.0. The van der Waals surface area contributed by atoms with Crippen molar-refractivity contribution in [2.75, 3.05) is 13.7 Å². The fraction of sp³-hybridized carbons (Fsp3) is 0.296. The van der Waals surface area contributed by atoms with E-state index in [1.54, 1.807) is 32.4 Å². The minimum atomic E-state index is -0.673. The number of nitrogens with zero attached hydrogens (tertiary/aromatic N) is 2. The van der Waals surface area contributed by atoms with Gasteiger partial charge in [0.15, 0.2) is 4.80 Å². The molecule has 0 aliphatic carbocycles. The number of para-hydroxylation sites is 1. The van der Waals surface area contributed by atoms with Crippen LogP contribution in [-0.4, -0.2) is 30.4 Å². The second-order valence-electron chi connectivity index (χ2n) is 8.28. The van der Waals surface area contributed by atoms with Gasteiger partial charge >= 0.3 is 5.97 Å². The molecule has 0 fully saturated rings. The molecule has 8 heteroatoms. The minimum absolute atomic E-state index is 0.233. The van der Waals surface area contributed by atoms with E-state index in [0.717, 1.165) is 11.1 Å². The summed E-state index contributed by atoms with van der Waals surface area (Å²) in [6.07, 6.45) is 1.50. The number of rotatable bonds is 7. The Hall–Kier alpha value is -3.65. The molecule has 3 aromatic rings. The Bertz CT molecular complexity index is 1450. The van der Waals surface area contributed by atoms with Gasteiger partial charge in [-0.2, -0.15) is 0 Å². The number of esters is 1. The first-order chi connectivity index (χ1) is 16.8.